The minimum atomic E-state index is 0.329. The molecule has 0 aromatic heterocycles. The van der Waals surface area contributed by atoms with Gasteiger partial charge in [0.15, 0.2) is 0 Å². The summed E-state index contributed by atoms with van der Waals surface area (Å²) in [7, 11) is 0. The summed E-state index contributed by atoms with van der Waals surface area (Å²) in [5, 5.41) is 5.07. The first-order valence-electron chi connectivity index (χ1n) is 7.87. The zero-order valence-corrected chi connectivity index (χ0v) is 14.2. The maximum Gasteiger partial charge on any atom is 0.0468 e. The average Bonchev–Trinajstić information content (AvgIpc) is 2.43. The van der Waals surface area contributed by atoms with Crippen molar-refractivity contribution >= 4 is 23.2 Å². The van der Waals surface area contributed by atoms with Gasteiger partial charge in [-0.1, -0.05) is 75.2 Å². The van der Waals surface area contributed by atoms with Crippen LogP contribution >= 0.6 is 23.2 Å². The molecule has 0 heterocycles. The van der Waals surface area contributed by atoms with Gasteiger partial charge in [0.1, 0.15) is 0 Å². The van der Waals surface area contributed by atoms with Crippen LogP contribution in [0.2, 0.25) is 10.0 Å². The highest BCUT2D eigenvalue weighted by molar-refractivity contribution is 6.35. The van der Waals surface area contributed by atoms with Crippen molar-refractivity contribution in [3.63, 3.8) is 0 Å². The molecule has 0 radical (unpaired) electrons. The standard InChI is InChI=1S/C17H27Cl2N/c1-3-5-6-7-8-9-12-20-17(4-2)15-11-10-14(18)13-16(15)19/h10-11,13,17,20H,3-9,12H2,1-2H3. The van der Waals surface area contributed by atoms with Crippen molar-refractivity contribution < 1.29 is 0 Å². The average molecular weight is 316 g/mol. The molecule has 1 N–H and O–H groups in total. The summed E-state index contributed by atoms with van der Waals surface area (Å²) in [5.41, 5.74) is 1.16. The molecule has 0 spiro atoms. The Labute approximate surface area is 134 Å². The van der Waals surface area contributed by atoms with E-state index in [1.165, 1.54) is 38.5 Å². The Kier molecular flexibility index (Phi) is 9.33. The molecule has 0 aliphatic heterocycles. The second-order valence-electron chi connectivity index (χ2n) is 5.35. The molecule has 1 unspecified atom stereocenters. The van der Waals surface area contributed by atoms with Gasteiger partial charge < -0.3 is 5.32 Å². The van der Waals surface area contributed by atoms with Gasteiger partial charge in [0.05, 0.1) is 0 Å². The molecule has 114 valence electrons. The third-order valence-electron chi connectivity index (χ3n) is 3.67. The number of unbranched alkanes of at least 4 members (excludes halogenated alkanes) is 5. The molecule has 1 aromatic carbocycles. The van der Waals surface area contributed by atoms with E-state index in [9.17, 15) is 0 Å². The van der Waals surface area contributed by atoms with Crippen molar-refractivity contribution in [2.75, 3.05) is 6.54 Å². The van der Waals surface area contributed by atoms with Crippen LogP contribution in [0.1, 0.15) is 70.4 Å². The minimum Gasteiger partial charge on any atom is -0.310 e. The highest BCUT2D eigenvalue weighted by atomic mass is 35.5. The van der Waals surface area contributed by atoms with E-state index in [4.69, 9.17) is 23.2 Å². The van der Waals surface area contributed by atoms with E-state index in [1.54, 1.807) is 0 Å². The molecule has 0 bridgehead atoms. The summed E-state index contributed by atoms with van der Waals surface area (Å²) < 4.78 is 0. The largest absolute Gasteiger partial charge is 0.310 e. The topological polar surface area (TPSA) is 12.0 Å². The van der Waals surface area contributed by atoms with Gasteiger partial charge in [0.25, 0.3) is 0 Å². The molecule has 3 heteroatoms. The van der Waals surface area contributed by atoms with Gasteiger partial charge in [0, 0.05) is 16.1 Å². The number of hydrogen-bond donors (Lipinski definition) is 1. The van der Waals surface area contributed by atoms with Gasteiger partial charge in [-0.05, 0) is 37.1 Å². The first-order chi connectivity index (χ1) is 9.69. The van der Waals surface area contributed by atoms with Crippen LogP contribution in [0.3, 0.4) is 0 Å². The van der Waals surface area contributed by atoms with Crippen LogP contribution in [0.15, 0.2) is 18.2 Å². The molecule has 0 fully saturated rings. The van der Waals surface area contributed by atoms with Crippen molar-refractivity contribution in [1.82, 2.24) is 5.32 Å². The Bertz CT molecular complexity index is 379. The number of nitrogens with one attached hydrogen (secondary N) is 1. The normalized spacial score (nSPS) is 12.6. The quantitative estimate of drug-likeness (QED) is 0.493. The predicted octanol–water partition coefficient (Wildman–Crippen LogP) is 6.39. The highest BCUT2D eigenvalue weighted by Gasteiger charge is 2.12. The lowest BCUT2D eigenvalue weighted by atomic mass is 10.0. The summed E-state index contributed by atoms with van der Waals surface area (Å²) in [5.74, 6) is 0. The summed E-state index contributed by atoms with van der Waals surface area (Å²) in [4.78, 5) is 0. The van der Waals surface area contributed by atoms with Crippen molar-refractivity contribution in [3.05, 3.63) is 33.8 Å². The van der Waals surface area contributed by atoms with Crippen LogP contribution in [-0.4, -0.2) is 6.54 Å². The molecule has 1 atom stereocenters. The van der Waals surface area contributed by atoms with Crippen LogP contribution in [0.25, 0.3) is 0 Å². The van der Waals surface area contributed by atoms with Gasteiger partial charge >= 0.3 is 0 Å². The van der Waals surface area contributed by atoms with Gasteiger partial charge in [-0.2, -0.15) is 0 Å². The van der Waals surface area contributed by atoms with E-state index < -0.39 is 0 Å². The third-order valence-corrected chi connectivity index (χ3v) is 4.23. The van der Waals surface area contributed by atoms with E-state index in [0.717, 1.165) is 23.6 Å². The van der Waals surface area contributed by atoms with Gasteiger partial charge in [-0.25, -0.2) is 0 Å². The lowest BCUT2D eigenvalue weighted by Gasteiger charge is -2.19. The lowest BCUT2D eigenvalue weighted by Crippen LogP contribution is -2.22. The molecule has 0 saturated heterocycles. The van der Waals surface area contributed by atoms with Gasteiger partial charge in [-0.3, -0.25) is 0 Å². The highest BCUT2D eigenvalue weighted by Crippen LogP contribution is 2.28. The SMILES string of the molecule is CCCCCCCCNC(CC)c1ccc(Cl)cc1Cl. The Morgan fingerprint density at radius 1 is 1.00 bits per heavy atom. The Morgan fingerprint density at radius 3 is 2.35 bits per heavy atom. The number of benzene rings is 1. The summed E-state index contributed by atoms with van der Waals surface area (Å²) in [6, 6.07) is 6.11. The first-order valence-corrected chi connectivity index (χ1v) is 8.63. The third kappa shape index (κ3) is 6.47. The van der Waals surface area contributed by atoms with Gasteiger partial charge in [0.2, 0.25) is 0 Å². The monoisotopic (exact) mass is 315 g/mol. The molecular formula is C17H27Cl2N. The maximum atomic E-state index is 6.28. The van der Waals surface area contributed by atoms with Crippen LogP contribution in [-0.2, 0) is 0 Å². The second kappa shape index (κ2) is 10.5. The fourth-order valence-electron chi connectivity index (χ4n) is 2.44. The molecule has 0 saturated carbocycles. The second-order valence-corrected chi connectivity index (χ2v) is 6.19. The number of halogens is 2. The number of hydrogen-bond acceptors (Lipinski definition) is 1. The molecule has 20 heavy (non-hydrogen) atoms. The van der Waals surface area contributed by atoms with Crippen LogP contribution in [0.4, 0.5) is 0 Å². The Morgan fingerprint density at radius 2 is 1.70 bits per heavy atom. The number of rotatable bonds is 10. The van der Waals surface area contributed by atoms with Crippen molar-refractivity contribution in [2.45, 2.75) is 64.8 Å². The molecule has 0 aliphatic carbocycles. The molecule has 1 rings (SSSR count). The van der Waals surface area contributed by atoms with Gasteiger partial charge in [-0.15, -0.1) is 0 Å². The summed E-state index contributed by atoms with van der Waals surface area (Å²) in [6.45, 7) is 5.50. The minimum absolute atomic E-state index is 0.329. The van der Waals surface area contributed by atoms with Crippen LogP contribution in [0.5, 0.6) is 0 Å². The smallest absolute Gasteiger partial charge is 0.0468 e. The molecule has 0 aliphatic rings. The van der Waals surface area contributed by atoms with E-state index in [0.29, 0.717) is 11.1 Å². The predicted molar refractivity (Wildman–Crippen MR) is 90.9 cm³/mol. The zero-order valence-electron chi connectivity index (χ0n) is 12.7. The van der Waals surface area contributed by atoms with Crippen LogP contribution in [0, 0.1) is 0 Å². The zero-order chi connectivity index (χ0) is 14.8. The van der Waals surface area contributed by atoms with E-state index in [1.807, 2.05) is 18.2 Å². The first kappa shape index (κ1) is 17.8. The molecule has 1 nitrogen and oxygen atoms in total. The van der Waals surface area contributed by atoms with E-state index in [-0.39, 0.29) is 0 Å². The molecule has 1 aromatic rings. The summed E-state index contributed by atoms with van der Waals surface area (Å²) in [6.07, 6.45) is 9.00. The van der Waals surface area contributed by atoms with Crippen molar-refractivity contribution in [1.29, 1.82) is 0 Å². The van der Waals surface area contributed by atoms with E-state index >= 15 is 0 Å². The summed E-state index contributed by atoms with van der Waals surface area (Å²) >= 11 is 12.2. The Hall–Kier alpha value is -0.240. The fourth-order valence-corrected chi connectivity index (χ4v) is 2.98. The molecular weight excluding hydrogens is 289 g/mol. The maximum absolute atomic E-state index is 6.28. The van der Waals surface area contributed by atoms with Crippen molar-refractivity contribution in [3.8, 4) is 0 Å². The Balaban J connectivity index is 2.32. The van der Waals surface area contributed by atoms with E-state index in [2.05, 4.69) is 19.2 Å². The lowest BCUT2D eigenvalue weighted by molar-refractivity contribution is 0.493. The molecule has 0 amide bonds. The van der Waals surface area contributed by atoms with Crippen LogP contribution < -0.4 is 5.32 Å². The fraction of sp³-hybridized carbons (Fsp3) is 0.647. The van der Waals surface area contributed by atoms with Crippen molar-refractivity contribution in [2.24, 2.45) is 0 Å².